The number of hydrogen-bond donors (Lipinski definition) is 3. The van der Waals surface area contributed by atoms with Gasteiger partial charge in [-0.05, 0) is 12.5 Å². The van der Waals surface area contributed by atoms with Crippen LogP contribution in [0.4, 0.5) is 19.0 Å². The molecule has 0 aliphatic carbocycles. The number of halogens is 3. The average molecular weight is 407 g/mol. The van der Waals surface area contributed by atoms with Gasteiger partial charge in [-0.15, -0.1) is 0 Å². The summed E-state index contributed by atoms with van der Waals surface area (Å²) in [6, 6.07) is 1.41. The molecule has 1 aromatic rings. The molecule has 27 heavy (non-hydrogen) atoms. The van der Waals surface area contributed by atoms with E-state index in [1.165, 1.54) is 24.0 Å². The van der Waals surface area contributed by atoms with Crippen molar-refractivity contribution in [1.29, 1.82) is 0 Å². The summed E-state index contributed by atoms with van der Waals surface area (Å²) in [5, 5.41) is 11.1. The molecule has 148 valence electrons. The first-order valence-electron chi connectivity index (χ1n) is 7.33. The molecule has 13 heteroatoms. The minimum atomic E-state index is -4.45. The number of aromatic nitrogens is 2. The van der Waals surface area contributed by atoms with Gasteiger partial charge in [0.2, 0.25) is 0 Å². The minimum absolute atomic E-state index is 0.0742. The molecule has 1 rings (SSSR count). The fraction of sp³-hybridized carbons (Fsp3) is 0.357. The maximum Gasteiger partial charge on any atom is 0.408 e. The number of nitrogens with zero attached hydrogens (tertiary/aromatic N) is 3. The van der Waals surface area contributed by atoms with Crippen molar-refractivity contribution < 1.29 is 32.6 Å². The number of alkyl halides is 3. The zero-order valence-electron chi connectivity index (χ0n) is 13.8. The highest BCUT2D eigenvalue weighted by Gasteiger charge is 2.26. The molecule has 0 aliphatic heterocycles. The van der Waals surface area contributed by atoms with Crippen molar-refractivity contribution in [2.45, 2.75) is 17.8 Å². The highest BCUT2D eigenvalue weighted by molar-refractivity contribution is 7.99. The van der Waals surface area contributed by atoms with E-state index in [0.717, 1.165) is 6.08 Å². The summed E-state index contributed by atoms with van der Waals surface area (Å²) in [5.41, 5.74) is 5.36. The number of carboxylic acids is 1. The third-order valence-electron chi connectivity index (χ3n) is 2.44. The predicted octanol–water partition coefficient (Wildman–Crippen LogP) is 1.43. The van der Waals surface area contributed by atoms with Gasteiger partial charge in [0.05, 0.1) is 6.61 Å². The van der Waals surface area contributed by atoms with E-state index in [-0.39, 0.29) is 12.4 Å². The Morgan fingerprint density at radius 3 is 2.81 bits per heavy atom. The molecule has 0 atom stereocenters. The zero-order valence-corrected chi connectivity index (χ0v) is 14.6. The summed E-state index contributed by atoms with van der Waals surface area (Å²) in [4.78, 5) is 32.6. The van der Waals surface area contributed by atoms with Crippen LogP contribution in [-0.4, -0.2) is 58.1 Å². The molecule has 0 saturated carbocycles. The lowest BCUT2D eigenvalue weighted by atomic mass is 10.5. The van der Waals surface area contributed by atoms with E-state index < -0.39 is 30.6 Å². The number of anilines is 1. The molecule has 1 aromatic heterocycles. The summed E-state index contributed by atoms with van der Waals surface area (Å²) in [6.07, 6.45) is -1.13. The Kier molecular flexibility index (Phi) is 9.05. The molecule has 0 radical (unpaired) electrons. The van der Waals surface area contributed by atoms with E-state index in [1.54, 1.807) is 0 Å². The van der Waals surface area contributed by atoms with Crippen LogP contribution >= 0.6 is 11.8 Å². The van der Waals surface area contributed by atoms with Crippen LogP contribution in [0.3, 0.4) is 0 Å². The quantitative estimate of drug-likeness (QED) is 0.105. The summed E-state index contributed by atoms with van der Waals surface area (Å²) in [6.45, 7) is -1.33. The summed E-state index contributed by atoms with van der Waals surface area (Å²) in [5.74, 6) is -1.78. The predicted molar refractivity (Wildman–Crippen MR) is 91.3 cm³/mol. The first kappa shape index (κ1) is 22.2. The van der Waals surface area contributed by atoms with Crippen molar-refractivity contribution in [1.82, 2.24) is 9.97 Å². The molecule has 9 nitrogen and oxygen atoms in total. The second kappa shape index (κ2) is 11.0. The van der Waals surface area contributed by atoms with Gasteiger partial charge in [-0.1, -0.05) is 11.8 Å². The van der Waals surface area contributed by atoms with Gasteiger partial charge >= 0.3 is 18.1 Å². The van der Waals surface area contributed by atoms with E-state index in [4.69, 9.17) is 15.6 Å². The molecule has 0 spiro atoms. The number of guanidine groups is 1. The third-order valence-corrected chi connectivity index (χ3v) is 3.39. The molecule has 0 fully saturated rings. The normalized spacial score (nSPS) is 12.2. The van der Waals surface area contributed by atoms with Gasteiger partial charge in [0.1, 0.15) is 12.4 Å². The van der Waals surface area contributed by atoms with Crippen molar-refractivity contribution in [2.75, 3.05) is 24.2 Å². The Labute approximate surface area is 155 Å². The summed E-state index contributed by atoms with van der Waals surface area (Å²) < 4.78 is 41.0. The van der Waals surface area contributed by atoms with Gasteiger partial charge in [0.15, 0.2) is 11.1 Å². The molecule has 0 aliphatic rings. The molecule has 0 unspecified atom stereocenters. The number of nitrogens with one attached hydrogen (secondary N) is 1. The zero-order chi connectivity index (χ0) is 20.3. The number of carbonyl (C=O) groups is 2. The Morgan fingerprint density at radius 2 is 2.15 bits per heavy atom. The third kappa shape index (κ3) is 11.4. The van der Waals surface area contributed by atoms with Crippen LogP contribution in [0.5, 0.6) is 0 Å². The first-order chi connectivity index (χ1) is 12.7. The number of ether oxygens (including phenoxy) is 1. The number of esters is 1. The van der Waals surface area contributed by atoms with Crippen LogP contribution in [0, 0.1) is 0 Å². The average Bonchev–Trinajstić information content (AvgIpc) is 2.57. The maximum atomic E-state index is 12.1. The highest BCUT2D eigenvalue weighted by atomic mass is 32.2. The van der Waals surface area contributed by atoms with Crippen molar-refractivity contribution >= 4 is 35.5 Å². The first-order valence-corrected chi connectivity index (χ1v) is 8.31. The molecule has 1 heterocycles. The van der Waals surface area contributed by atoms with E-state index in [9.17, 15) is 22.8 Å². The van der Waals surface area contributed by atoms with E-state index in [0.29, 0.717) is 23.4 Å². The highest BCUT2D eigenvalue weighted by Crippen LogP contribution is 2.16. The fourth-order valence-corrected chi connectivity index (χ4v) is 2.15. The van der Waals surface area contributed by atoms with Crippen LogP contribution in [0.2, 0.25) is 0 Å². The molecule has 0 bridgehead atoms. The number of aliphatic carboxylic acids is 1. The molecular weight excluding hydrogens is 391 g/mol. The van der Waals surface area contributed by atoms with Crippen molar-refractivity contribution in [3.63, 3.8) is 0 Å². The number of rotatable bonds is 9. The monoisotopic (exact) mass is 407 g/mol. The van der Waals surface area contributed by atoms with E-state index in [1.807, 2.05) is 0 Å². The number of hydrogen-bond acceptors (Lipinski definition) is 7. The molecule has 0 aromatic carbocycles. The van der Waals surface area contributed by atoms with Crippen LogP contribution in [0.15, 0.2) is 34.6 Å². The maximum absolute atomic E-state index is 12.1. The fourth-order valence-electron chi connectivity index (χ4n) is 1.41. The van der Waals surface area contributed by atoms with Crippen molar-refractivity contribution in [2.24, 2.45) is 10.7 Å². The summed E-state index contributed by atoms with van der Waals surface area (Å²) >= 11 is 1.22. The number of carboxylic acid groups (broad SMARTS) is 1. The van der Waals surface area contributed by atoms with Gasteiger partial charge in [-0.25, -0.2) is 24.5 Å². The van der Waals surface area contributed by atoms with Crippen LogP contribution in [-0.2, 0) is 14.3 Å². The lowest BCUT2D eigenvalue weighted by Gasteiger charge is -2.07. The number of thioether (sulfide) groups is 1. The molecule has 4 N–H and O–H groups in total. The summed E-state index contributed by atoms with van der Waals surface area (Å²) in [7, 11) is 0. The largest absolute Gasteiger partial charge is 0.478 e. The van der Waals surface area contributed by atoms with Gasteiger partial charge in [0, 0.05) is 24.1 Å². The Hall–Kier alpha value is -2.83. The van der Waals surface area contributed by atoms with Gasteiger partial charge < -0.3 is 20.9 Å². The van der Waals surface area contributed by atoms with Crippen molar-refractivity contribution in [3.8, 4) is 0 Å². The van der Waals surface area contributed by atoms with Crippen LogP contribution in [0.1, 0.15) is 6.42 Å². The lowest BCUT2D eigenvalue weighted by molar-refractivity contribution is -0.138. The second-order valence-electron chi connectivity index (χ2n) is 4.71. The van der Waals surface area contributed by atoms with Gasteiger partial charge in [-0.2, -0.15) is 13.2 Å². The molecule has 0 amide bonds. The molecular formula is C14H16F3N5O4S. The smallest absolute Gasteiger partial charge is 0.408 e. The van der Waals surface area contributed by atoms with Crippen molar-refractivity contribution in [3.05, 3.63) is 24.4 Å². The van der Waals surface area contributed by atoms with Gasteiger partial charge in [0.25, 0.3) is 0 Å². The number of nitrogens with two attached hydrogens (primary N) is 1. The Balaban J connectivity index is 2.38. The van der Waals surface area contributed by atoms with E-state index >= 15 is 0 Å². The van der Waals surface area contributed by atoms with Crippen LogP contribution in [0.25, 0.3) is 0 Å². The number of aliphatic imine (C=N–C) groups is 1. The SMILES string of the molecule is NC(=NCC(F)(F)F)Nc1ccnc(SCCCOC(=O)/C=C\C(=O)O)n1. The second-order valence-corrected chi connectivity index (χ2v) is 5.77. The van der Waals surface area contributed by atoms with E-state index in [2.05, 4.69) is 20.3 Å². The van der Waals surface area contributed by atoms with Crippen LogP contribution < -0.4 is 11.1 Å². The lowest BCUT2D eigenvalue weighted by Crippen LogP contribution is -2.26. The Bertz CT molecular complexity index is 712. The van der Waals surface area contributed by atoms with Gasteiger partial charge in [-0.3, -0.25) is 0 Å². The Morgan fingerprint density at radius 1 is 1.41 bits per heavy atom. The molecule has 0 saturated heterocycles. The topological polar surface area (TPSA) is 140 Å². The number of carbonyl (C=O) groups excluding carboxylic acids is 1. The standard InChI is InChI=1S/C14H16F3N5O4S/c15-14(16,17)8-20-12(18)21-9-4-5-19-13(22-9)27-7-1-6-26-11(25)3-2-10(23)24/h2-5H,1,6-8H2,(H,23,24)(H3,18,19,20,21,22)/b3-2-. The minimum Gasteiger partial charge on any atom is -0.478 e.